The second-order valence-corrected chi connectivity index (χ2v) is 5.95. The lowest BCUT2D eigenvalue weighted by Crippen LogP contribution is -2.52. The van der Waals surface area contributed by atoms with Crippen LogP contribution < -0.4 is 10.6 Å². The van der Waals surface area contributed by atoms with Gasteiger partial charge in [0.15, 0.2) is 11.6 Å². The second-order valence-electron chi connectivity index (χ2n) is 5.95. The highest BCUT2D eigenvalue weighted by Crippen LogP contribution is 2.18. The molecule has 1 saturated heterocycles. The van der Waals surface area contributed by atoms with Crippen LogP contribution in [-0.2, 0) is 6.42 Å². The highest BCUT2D eigenvalue weighted by Gasteiger charge is 2.26. The lowest BCUT2D eigenvalue weighted by atomic mass is 9.89. The van der Waals surface area contributed by atoms with Gasteiger partial charge in [0.25, 0.3) is 0 Å². The minimum atomic E-state index is -0.781. The summed E-state index contributed by atoms with van der Waals surface area (Å²) < 4.78 is 25.9. The van der Waals surface area contributed by atoms with Crippen LogP contribution in [0.15, 0.2) is 18.2 Å². The summed E-state index contributed by atoms with van der Waals surface area (Å²) in [4.78, 5) is 0. The fourth-order valence-corrected chi connectivity index (χ4v) is 2.67. The van der Waals surface area contributed by atoms with Crippen LogP contribution in [0.2, 0.25) is 0 Å². The van der Waals surface area contributed by atoms with Crippen LogP contribution in [0.3, 0.4) is 0 Å². The average Bonchev–Trinajstić information content (AvgIpc) is 2.32. The Bertz CT molecular complexity index is 432. The number of hydrogen-bond donors (Lipinski definition) is 2. The molecular formula is C15H22F2N2. The Morgan fingerprint density at radius 3 is 2.79 bits per heavy atom. The van der Waals surface area contributed by atoms with Gasteiger partial charge in [0, 0.05) is 11.6 Å². The van der Waals surface area contributed by atoms with Gasteiger partial charge in [0.05, 0.1) is 0 Å². The first-order valence-electron chi connectivity index (χ1n) is 6.89. The molecule has 0 bridgehead atoms. The monoisotopic (exact) mass is 268 g/mol. The largest absolute Gasteiger partial charge is 0.314 e. The van der Waals surface area contributed by atoms with Gasteiger partial charge < -0.3 is 10.6 Å². The summed E-state index contributed by atoms with van der Waals surface area (Å²) in [6.45, 7) is 6.23. The maximum atomic E-state index is 13.1. The molecule has 0 spiro atoms. The lowest BCUT2D eigenvalue weighted by Gasteiger charge is -2.37. The fourth-order valence-electron chi connectivity index (χ4n) is 2.67. The van der Waals surface area contributed by atoms with Crippen LogP contribution in [-0.4, -0.2) is 24.7 Å². The number of halogens is 2. The van der Waals surface area contributed by atoms with Gasteiger partial charge in [0.1, 0.15) is 0 Å². The summed E-state index contributed by atoms with van der Waals surface area (Å²) in [6, 6.07) is 4.62. The van der Waals surface area contributed by atoms with Crippen LogP contribution in [0.25, 0.3) is 0 Å². The molecule has 0 aromatic heterocycles. The molecule has 1 unspecified atom stereocenters. The van der Waals surface area contributed by atoms with Crippen molar-refractivity contribution >= 4 is 0 Å². The summed E-state index contributed by atoms with van der Waals surface area (Å²) in [5.74, 6) is -1.54. The van der Waals surface area contributed by atoms with Crippen molar-refractivity contribution in [2.45, 2.75) is 44.7 Å². The molecule has 0 amide bonds. The van der Waals surface area contributed by atoms with E-state index in [1.165, 1.54) is 12.1 Å². The molecule has 2 rings (SSSR count). The van der Waals surface area contributed by atoms with Crippen molar-refractivity contribution in [3.63, 3.8) is 0 Å². The first-order chi connectivity index (χ1) is 8.96. The highest BCUT2D eigenvalue weighted by molar-refractivity contribution is 5.18. The van der Waals surface area contributed by atoms with E-state index in [0.29, 0.717) is 6.04 Å². The van der Waals surface area contributed by atoms with Crippen molar-refractivity contribution in [1.82, 2.24) is 10.6 Å². The van der Waals surface area contributed by atoms with Crippen molar-refractivity contribution in [2.24, 2.45) is 0 Å². The molecule has 0 aliphatic carbocycles. The van der Waals surface area contributed by atoms with Crippen molar-refractivity contribution in [1.29, 1.82) is 0 Å². The van der Waals surface area contributed by atoms with E-state index in [0.717, 1.165) is 37.9 Å². The Morgan fingerprint density at radius 1 is 1.32 bits per heavy atom. The Kier molecular flexibility index (Phi) is 4.53. The van der Waals surface area contributed by atoms with E-state index in [1.54, 1.807) is 6.07 Å². The Balaban J connectivity index is 1.78. The number of rotatable bonds is 4. The summed E-state index contributed by atoms with van der Waals surface area (Å²) in [5.41, 5.74) is 1.01. The van der Waals surface area contributed by atoms with Crippen LogP contribution in [0.1, 0.15) is 32.3 Å². The van der Waals surface area contributed by atoms with E-state index in [1.807, 2.05) is 0 Å². The van der Waals surface area contributed by atoms with E-state index in [4.69, 9.17) is 0 Å². The van der Waals surface area contributed by atoms with Crippen LogP contribution in [0.5, 0.6) is 0 Å². The van der Waals surface area contributed by atoms with E-state index in [9.17, 15) is 8.78 Å². The summed E-state index contributed by atoms with van der Waals surface area (Å²) in [7, 11) is 0. The molecule has 1 aliphatic heterocycles. The summed E-state index contributed by atoms with van der Waals surface area (Å²) in [5, 5.41) is 6.98. The van der Waals surface area contributed by atoms with E-state index in [-0.39, 0.29) is 5.54 Å². The Morgan fingerprint density at radius 2 is 2.11 bits per heavy atom. The van der Waals surface area contributed by atoms with Crippen molar-refractivity contribution in [3.8, 4) is 0 Å². The second kappa shape index (κ2) is 5.97. The zero-order valence-electron chi connectivity index (χ0n) is 11.6. The molecule has 1 heterocycles. The molecule has 2 nitrogen and oxygen atoms in total. The quantitative estimate of drug-likeness (QED) is 0.877. The fraction of sp³-hybridized carbons (Fsp3) is 0.600. The van der Waals surface area contributed by atoms with E-state index in [2.05, 4.69) is 24.5 Å². The molecule has 4 heteroatoms. The molecule has 0 radical (unpaired) electrons. The first kappa shape index (κ1) is 14.4. The molecule has 0 saturated carbocycles. The van der Waals surface area contributed by atoms with Crippen molar-refractivity contribution in [3.05, 3.63) is 35.4 Å². The first-order valence-corrected chi connectivity index (χ1v) is 6.89. The van der Waals surface area contributed by atoms with Gasteiger partial charge in [-0.25, -0.2) is 8.78 Å². The SMILES string of the molecule is CC1(C)CC(NCCc2ccc(F)c(F)c2)CCN1. The topological polar surface area (TPSA) is 24.1 Å². The van der Waals surface area contributed by atoms with Gasteiger partial charge in [-0.15, -0.1) is 0 Å². The minimum absolute atomic E-state index is 0.178. The molecule has 1 aromatic carbocycles. The molecule has 1 atom stereocenters. The third-order valence-electron chi connectivity index (χ3n) is 3.68. The van der Waals surface area contributed by atoms with Crippen LogP contribution in [0, 0.1) is 11.6 Å². The van der Waals surface area contributed by atoms with E-state index >= 15 is 0 Å². The number of benzene rings is 1. The predicted molar refractivity (Wildman–Crippen MR) is 73.2 cm³/mol. The van der Waals surface area contributed by atoms with Gasteiger partial charge >= 0.3 is 0 Å². The average molecular weight is 268 g/mol. The van der Waals surface area contributed by atoms with Crippen molar-refractivity contribution in [2.75, 3.05) is 13.1 Å². The summed E-state index contributed by atoms with van der Waals surface area (Å²) in [6.07, 6.45) is 2.92. The maximum Gasteiger partial charge on any atom is 0.159 e. The zero-order chi connectivity index (χ0) is 13.9. The molecular weight excluding hydrogens is 246 g/mol. The number of hydrogen-bond acceptors (Lipinski definition) is 2. The molecule has 2 N–H and O–H groups in total. The van der Waals surface area contributed by atoms with Gasteiger partial charge in [-0.05, 0) is 63.9 Å². The molecule has 1 fully saturated rings. The highest BCUT2D eigenvalue weighted by atomic mass is 19.2. The number of piperidine rings is 1. The zero-order valence-corrected chi connectivity index (χ0v) is 11.6. The molecule has 19 heavy (non-hydrogen) atoms. The smallest absolute Gasteiger partial charge is 0.159 e. The standard InChI is InChI=1S/C15H22F2N2/c1-15(2)10-12(6-8-19-15)18-7-5-11-3-4-13(16)14(17)9-11/h3-4,9,12,18-19H,5-8,10H2,1-2H3. The third-order valence-corrected chi connectivity index (χ3v) is 3.68. The molecule has 1 aliphatic rings. The normalized spacial score (nSPS) is 22.4. The Hall–Kier alpha value is -1.00. The van der Waals surface area contributed by atoms with Gasteiger partial charge in [0.2, 0.25) is 0 Å². The van der Waals surface area contributed by atoms with Crippen LogP contribution >= 0.6 is 0 Å². The van der Waals surface area contributed by atoms with Gasteiger partial charge in [-0.1, -0.05) is 6.07 Å². The van der Waals surface area contributed by atoms with Crippen molar-refractivity contribution < 1.29 is 8.78 Å². The minimum Gasteiger partial charge on any atom is -0.314 e. The maximum absolute atomic E-state index is 13.1. The third kappa shape index (κ3) is 4.25. The lowest BCUT2D eigenvalue weighted by molar-refractivity contribution is 0.249. The molecule has 106 valence electrons. The van der Waals surface area contributed by atoms with Crippen LogP contribution in [0.4, 0.5) is 8.78 Å². The van der Waals surface area contributed by atoms with E-state index < -0.39 is 11.6 Å². The Labute approximate surface area is 113 Å². The van der Waals surface area contributed by atoms with Gasteiger partial charge in [-0.2, -0.15) is 0 Å². The predicted octanol–water partition coefficient (Wildman–Crippen LogP) is 2.63. The molecule has 1 aromatic rings. The summed E-state index contributed by atoms with van der Waals surface area (Å²) >= 11 is 0. The van der Waals surface area contributed by atoms with Gasteiger partial charge in [-0.3, -0.25) is 0 Å². The number of nitrogens with one attached hydrogen (secondary N) is 2.